The van der Waals surface area contributed by atoms with Crippen molar-refractivity contribution in [1.29, 1.82) is 0 Å². The number of nitrogens with zero attached hydrogens (tertiary/aromatic N) is 2. The number of rotatable bonds is 7. The molecule has 0 bridgehead atoms. The van der Waals surface area contributed by atoms with Gasteiger partial charge in [-0.2, -0.15) is 5.10 Å². The van der Waals surface area contributed by atoms with Crippen molar-refractivity contribution in [1.82, 2.24) is 15.1 Å². The van der Waals surface area contributed by atoms with Gasteiger partial charge in [0.2, 0.25) is 0 Å². The lowest BCUT2D eigenvalue weighted by Crippen LogP contribution is -2.40. The SMILES string of the molecule is C=CCCC(NC(=O)c1cnn(C)c1C1CC1)C(=O)O. The molecule has 1 heterocycles. The minimum absolute atomic E-state index is 0.337. The molecule has 6 nitrogen and oxygen atoms in total. The van der Waals surface area contributed by atoms with Gasteiger partial charge in [0.05, 0.1) is 17.5 Å². The lowest BCUT2D eigenvalue weighted by atomic mass is 10.1. The van der Waals surface area contributed by atoms with Crippen molar-refractivity contribution in [2.45, 2.75) is 37.6 Å². The Morgan fingerprint density at radius 1 is 1.65 bits per heavy atom. The highest BCUT2D eigenvalue weighted by atomic mass is 16.4. The van der Waals surface area contributed by atoms with Crippen molar-refractivity contribution >= 4 is 11.9 Å². The molecule has 20 heavy (non-hydrogen) atoms. The zero-order chi connectivity index (χ0) is 14.7. The first-order valence-corrected chi connectivity index (χ1v) is 6.71. The number of carboxylic acid groups (broad SMARTS) is 1. The van der Waals surface area contributed by atoms with Gasteiger partial charge in [0.15, 0.2) is 0 Å². The fourth-order valence-corrected chi connectivity index (χ4v) is 2.24. The van der Waals surface area contributed by atoms with Gasteiger partial charge in [-0.05, 0) is 25.7 Å². The third-order valence-corrected chi connectivity index (χ3v) is 3.46. The smallest absolute Gasteiger partial charge is 0.326 e. The number of amides is 1. The van der Waals surface area contributed by atoms with Gasteiger partial charge in [0.1, 0.15) is 6.04 Å². The zero-order valence-electron chi connectivity index (χ0n) is 11.5. The monoisotopic (exact) mass is 277 g/mol. The fraction of sp³-hybridized carbons (Fsp3) is 0.500. The Balaban J connectivity index is 2.10. The second-order valence-electron chi connectivity index (χ2n) is 5.07. The van der Waals surface area contributed by atoms with E-state index in [0.29, 0.717) is 24.3 Å². The van der Waals surface area contributed by atoms with Gasteiger partial charge < -0.3 is 10.4 Å². The van der Waals surface area contributed by atoms with Gasteiger partial charge >= 0.3 is 5.97 Å². The van der Waals surface area contributed by atoms with Crippen molar-refractivity contribution in [2.24, 2.45) is 7.05 Å². The van der Waals surface area contributed by atoms with Crippen LogP contribution in [0.25, 0.3) is 0 Å². The number of aromatic nitrogens is 2. The van der Waals surface area contributed by atoms with Crippen molar-refractivity contribution in [3.63, 3.8) is 0 Å². The van der Waals surface area contributed by atoms with E-state index in [9.17, 15) is 9.59 Å². The second-order valence-corrected chi connectivity index (χ2v) is 5.07. The molecule has 2 rings (SSSR count). The average Bonchev–Trinajstić information content (AvgIpc) is 3.16. The van der Waals surface area contributed by atoms with Crippen LogP contribution in [0.15, 0.2) is 18.9 Å². The van der Waals surface area contributed by atoms with E-state index in [0.717, 1.165) is 18.5 Å². The van der Waals surface area contributed by atoms with E-state index in [2.05, 4.69) is 17.0 Å². The van der Waals surface area contributed by atoms with Crippen LogP contribution in [-0.2, 0) is 11.8 Å². The number of hydrogen-bond donors (Lipinski definition) is 2. The number of aliphatic carboxylic acids is 1. The average molecular weight is 277 g/mol. The summed E-state index contributed by atoms with van der Waals surface area (Å²) in [7, 11) is 1.80. The number of allylic oxidation sites excluding steroid dienone is 1. The van der Waals surface area contributed by atoms with Crippen molar-refractivity contribution < 1.29 is 14.7 Å². The molecule has 108 valence electrons. The Morgan fingerprint density at radius 3 is 2.90 bits per heavy atom. The lowest BCUT2D eigenvalue weighted by Gasteiger charge is -2.13. The molecule has 0 aromatic carbocycles. The first kappa shape index (κ1) is 14.3. The standard InChI is InChI=1S/C14H19N3O3/c1-3-4-5-11(14(19)20)16-13(18)10-8-15-17(2)12(10)9-6-7-9/h3,8-9,11H,1,4-7H2,2H3,(H,16,18)(H,19,20). The van der Waals surface area contributed by atoms with Crippen LogP contribution in [0.2, 0.25) is 0 Å². The molecule has 1 atom stereocenters. The van der Waals surface area contributed by atoms with Gasteiger partial charge in [-0.25, -0.2) is 4.79 Å². The molecule has 0 radical (unpaired) electrons. The molecule has 1 aliphatic carbocycles. The molecule has 1 saturated carbocycles. The van der Waals surface area contributed by atoms with Gasteiger partial charge in [-0.3, -0.25) is 9.48 Å². The third kappa shape index (κ3) is 3.07. The zero-order valence-corrected chi connectivity index (χ0v) is 11.5. The lowest BCUT2D eigenvalue weighted by molar-refractivity contribution is -0.139. The maximum atomic E-state index is 12.2. The second kappa shape index (κ2) is 5.90. The van der Waals surface area contributed by atoms with E-state index in [4.69, 9.17) is 5.11 Å². The minimum Gasteiger partial charge on any atom is -0.480 e. The van der Waals surface area contributed by atoms with Gasteiger partial charge in [0, 0.05) is 13.0 Å². The Morgan fingerprint density at radius 2 is 2.35 bits per heavy atom. The number of aryl methyl sites for hydroxylation is 1. The highest BCUT2D eigenvalue weighted by Gasteiger charge is 2.32. The van der Waals surface area contributed by atoms with Crippen LogP contribution in [0.1, 0.15) is 47.7 Å². The quantitative estimate of drug-likeness (QED) is 0.739. The van der Waals surface area contributed by atoms with E-state index in [-0.39, 0.29) is 5.91 Å². The van der Waals surface area contributed by atoms with Gasteiger partial charge in [-0.1, -0.05) is 6.08 Å². The molecule has 0 saturated heterocycles. The molecule has 1 unspecified atom stereocenters. The van der Waals surface area contributed by atoms with Crippen molar-refractivity contribution in [3.05, 3.63) is 30.1 Å². The maximum absolute atomic E-state index is 12.2. The molecule has 0 spiro atoms. The number of carboxylic acids is 1. The molecule has 1 fully saturated rings. The summed E-state index contributed by atoms with van der Waals surface area (Å²) in [4.78, 5) is 23.4. The molecular formula is C14H19N3O3. The van der Waals surface area contributed by atoms with Crippen LogP contribution in [0.3, 0.4) is 0 Å². The molecule has 1 aromatic rings. The van der Waals surface area contributed by atoms with E-state index in [1.165, 1.54) is 6.20 Å². The van der Waals surface area contributed by atoms with Crippen molar-refractivity contribution in [2.75, 3.05) is 0 Å². The summed E-state index contributed by atoms with van der Waals surface area (Å²) in [5.41, 5.74) is 1.38. The Kier molecular flexibility index (Phi) is 4.22. The number of carbonyl (C=O) groups excluding carboxylic acids is 1. The predicted octanol–water partition coefficient (Wildman–Crippen LogP) is 1.45. The molecule has 2 N–H and O–H groups in total. The summed E-state index contributed by atoms with van der Waals surface area (Å²) < 4.78 is 1.70. The van der Waals surface area contributed by atoms with Gasteiger partial charge in [-0.15, -0.1) is 6.58 Å². The van der Waals surface area contributed by atoms with Crippen LogP contribution in [0.5, 0.6) is 0 Å². The number of hydrogen-bond acceptors (Lipinski definition) is 3. The molecule has 6 heteroatoms. The normalized spacial score (nSPS) is 15.7. The van der Waals surface area contributed by atoms with Crippen LogP contribution in [0.4, 0.5) is 0 Å². The predicted molar refractivity (Wildman–Crippen MR) is 73.5 cm³/mol. The Labute approximate surface area is 117 Å². The molecule has 0 aliphatic heterocycles. The summed E-state index contributed by atoms with van der Waals surface area (Å²) in [5, 5.41) is 15.8. The third-order valence-electron chi connectivity index (χ3n) is 3.46. The molecule has 1 amide bonds. The Hall–Kier alpha value is -2.11. The summed E-state index contributed by atoms with van der Waals surface area (Å²) in [6.45, 7) is 3.56. The topological polar surface area (TPSA) is 84.2 Å². The van der Waals surface area contributed by atoms with E-state index in [1.807, 2.05) is 0 Å². The molecular weight excluding hydrogens is 258 g/mol. The summed E-state index contributed by atoms with van der Waals surface area (Å²) in [6.07, 6.45) is 6.14. The van der Waals surface area contributed by atoms with Gasteiger partial charge in [0.25, 0.3) is 5.91 Å². The molecule has 1 aromatic heterocycles. The molecule has 1 aliphatic rings. The Bertz CT molecular complexity index is 532. The fourth-order valence-electron chi connectivity index (χ4n) is 2.24. The number of carbonyl (C=O) groups is 2. The first-order chi connectivity index (χ1) is 9.54. The van der Waals surface area contributed by atoms with E-state index >= 15 is 0 Å². The number of nitrogens with one attached hydrogen (secondary N) is 1. The van der Waals surface area contributed by atoms with Crippen molar-refractivity contribution in [3.8, 4) is 0 Å². The van der Waals surface area contributed by atoms with Crippen LogP contribution < -0.4 is 5.32 Å². The largest absolute Gasteiger partial charge is 0.480 e. The van der Waals surface area contributed by atoms with Crippen LogP contribution in [-0.4, -0.2) is 32.8 Å². The van der Waals surface area contributed by atoms with E-state index < -0.39 is 12.0 Å². The summed E-state index contributed by atoms with van der Waals surface area (Å²) in [6, 6.07) is -0.896. The van der Waals surface area contributed by atoms with Crippen LogP contribution >= 0.6 is 0 Å². The van der Waals surface area contributed by atoms with Crippen LogP contribution in [0, 0.1) is 0 Å². The first-order valence-electron chi connectivity index (χ1n) is 6.71. The maximum Gasteiger partial charge on any atom is 0.326 e. The highest BCUT2D eigenvalue weighted by Crippen LogP contribution is 2.41. The highest BCUT2D eigenvalue weighted by molar-refractivity contribution is 5.97. The summed E-state index contributed by atoms with van der Waals surface area (Å²) >= 11 is 0. The van der Waals surface area contributed by atoms with E-state index in [1.54, 1.807) is 17.8 Å². The summed E-state index contributed by atoms with van der Waals surface area (Å²) in [5.74, 6) is -1.02. The minimum atomic E-state index is -1.03.